The molecule has 0 atom stereocenters. The number of benzene rings is 1. The molecule has 0 saturated heterocycles. The maximum absolute atomic E-state index is 12.7. The van der Waals surface area contributed by atoms with E-state index in [-0.39, 0.29) is 5.91 Å². The van der Waals surface area contributed by atoms with Gasteiger partial charge in [-0.15, -0.1) is 11.3 Å². The van der Waals surface area contributed by atoms with Crippen LogP contribution in [0.15, 0.2) is 57.3 Å². The molecule has 0 spiro atoms. The molecule has 3 aromatic heterocycles. The van der Waals surface area contributed by atoms with Gasteiger partial charge in [0.2, 0.25) is 0 Å². The molecule has 1 aliphatic carbocycles. The van der Waals surface area contributed by atoms with Crippen LogP contribution in [0.3, 0.4) is 0 Å². The number of hydrogen-bond donors (Lipinski definition) is 1. The highest BCUT2D eigenvalue weighted by atomic mass is 32.2. The van der Waals surface area contributed by atoms with Crippen molar-refractivity contribution < 1.29 is 9.21 Å². The van der Waals surface area contributed by atoms with E-state index in [0.29, 0.717) is 17.4 Å². The Morgan fingerprint density at radius 1 is 1.24 bits per heavy atom. The van der Waals surface area contributed by atoms with E-state index in [1.54, 1.807) is 23.1 Å². The van der Waals surface area contributed by atoms with Crippen LogP contribution in [0.2, 0.25) is 0 Å². The molecular weight excluding hydrogens is 402 g/mol. The number of pyridine rings is 1. The van der Waals surface area contributed by atoms with Gasteiger partial charge in [-0.25, -0.2) is 9.97 Å². The second-order valence-corrected chi connectivity index (χ2v) is 8.97. The Morgan fingerprint density at radius 3 is 2.90 bits per heavy atom. The zero-order valence-electron chi connectivity index (χ0n) is 15.8. The van der Waals surface area contributed by atoms with Crippen molar-refractivity contribution in [3.63, 3.8) is 0 Å². The summed E-state index contributed by atoms with van der Waals surface area (Å²) >= 11 is 3.16. The zero-order chi connectivity index (χ0) is 19.8. The lowest BCUT2D eigenvalue weighted by molar-refractivity contribution is 0.0952. The van der Waals surface area contributed by atoms with Crippen molar-refractivity contribution >= 4 is 39.9 Å². The molecule has 1 saturated carbocycles. The normalized spacial score (nSPS) is 13.7. The number of nitrogens with one attached hydrogen (secondary N) is 1. The molecule has 0 aliphatic heterocycles. The van der Waals surface area contributed by atoms with Crippen LogP contribution in [0, 0.1) is 6.92 Å². The number of amides is 1. The number of aryl methyl sites for hydroxylation is 1. The molecule has 0 unspecified atom stereocenters. The Balaban J connectivity index is 1.37. The zero-order valence-corrected chi connectivity index (χ0v) is 17.5. The number of aromatic nitrogens is 2. The van der Waals surface area contributed by atoms with E-state index in [1.165, 1.54) is 0 Å². The smallest absolute Gasteiger partial charge is 0.252 e. The van der Waals surface area contributed by atoms with Crippen molar-refractivity contribution in [1.82, 2.24) is 15.3 Å². The molecule has 29 heavy (non-hydrogen) atoms. The summed E-state index contributed by atoms with van der Waals surface area (Å²) in [5, 5.41) is 7.73. The van der Waals surface area contributed by atoms with Gasteiger partial charge in [-0.05, 0) is 44.0 Å². The highest BCUT2D eigenvalue weighted by Crippen LogP contribution is 2.30. The molecule has 5 rings (SSSR count). The lowest BCUT2D eigenvalue weighted by Crippen LogP contribution is -2.25. The maximum atomic E-state index is 12.7. The van der Waals surface area contributed by atoms with Crippen LogP contribution in [0.5, 0.6) is 0 Å². The van der Waals surface area contributed by atoms with Crippen molar-refractivity contribution in [3.8, 4) is 10.8 Å². The van der Waals surface area contributed by atoms with Crippen molar-refractivity contribution in [3.05, 3.63) is 64.9 Å². The minimum absolute atomic E-state index is 0.0166. The number of thiazole rings is 1. The molecule has 5 nitrogen and oxygen atoms in total. The standard InChI is InChI=1S/C22H19N3O2S2/c1-13-6-9-19(27-13)22-24-15(12-29-22)11-28-20-10-17(21(26)23-14-7-8-14)16-4-2-3-5-18(16)25-20/h2-6,9-10,12,14H,7-8,11H2,1H3,(H,23,26). The number of carbonyl (C=O) groups is 1. The van der Waals surface area contributed by atoms with Gasteiger partial charge in [0, 0.05) is 22.6 Å². The molecule has 1 aliphatic rings. The van der Waals surface area contributed by atoms with Crippen LogP contribution < -0.4 is 5.32 Å². The highest BCUT2D eigenvalue weighted by molar-refractivity contribution is 7.98. The highest BCUT2D eigenvalue weighted by Gasteiger charge is 2.25. The van der Waals surface area contributed by atoms with Crippen LogP contribution in [-0.2, 0) is 5.75 Å². The topological polar surface area (TPSA) is 68.0 Å². The minimum atomic E-state index is -0.0166. The predicted octanol–water partition coefficient (Wildman–Crippen LogP) is 5.44. The summed E-state index contributed by atoms with van der Waals surface area (Å²) in [4.78, 5) is 22.1. The van der Waals surface area contributed by atoms with E-state index in [4.69, 9.17) is 9.40 Å². The van der Waals surface area contributed by atoms with E-state index < -0.39 is 0 Å². The van der Waals surface area contributed by atoms with Crippen LogP contribution in [-0.4, -0.2) is 21.9 Å². The molecular formula is C22H19N3O2S2. The molecule has 1 aromatic carbocycles. The number of para-hydroxylation sites is 1. The van der Waals surface area contributed by atoms with Gasteiger partial charge in [0.15, 0.2) is 10.8 Å². The van der Waals surface area contributed by atoms with Gasteiger partial charge in [-0.1, -0.05) is 30.0 Å². The molecule has 146 valence electrons. The molecule has 7 heteroatoms. The fourth-order valence-electron chi connectivity index (χ4n) is 3.09. The van der Waals surface area contributed by atoms with Crippen molar-refractivity contribution in [1.29, 1.82) is 0 Å². The fraction of sp³-hybridized carbons (Fsp3) is 0.227. The minimum Gasteiger partial charge on any atom is -0.459 e. The summed E-state index contributed by atoms with van der Waals surface area (Å²) in [6.45, 7) is 1.93. The van der Waals surface area contributed by atoms with E-state index in [2.05, 4.69) is 10.3 Å². The number of hydrogen-bond acceptors (Lipinski definition) is 6. The predicted molar refractivity (Wildman–Crippen MR) is 116 cm³/mol. The summed E-state index contributed by atoms with van der Waals surface area (Å²) in [5.41, 5.74) is 2.50. The molecule has 1 amide bonds. The summed E-state index contributed by atoms with van der Waals surface area (Å²) in [5.74, 6) is 2.35. The third-order valence-electron chi connectivity index (χ3n) is 4.72. The third-order valence-corrected chi connectivity index (χ3v) is 6.57. The lowest BCUT2D eigenvalue weighted by Gasteiger charge is -2.09. The van der Waals surface area contributed by atoms with E-state index in [9.17, 15) is 4.79 Å². The van der Waals surface area contributed by atoms with E-state index in [0.717, 1.165) is 51.0 Å². The number of fused-ring (bicyclic) bond motifs is 1. The quantitative estimate of drug-likeness (QED) is 0.420. The molecule has 4 aromatic rings. The van der Waals surface area contributed by atoms with Crippen LogP contribution in [0.4, 0.5) is 0 Å². The van der Waals surface area contributed by atoms with Gasteiger partial charge < -0.3 is 9.73 Å². The Kier molecular flexibility index (Phi) is 4.85. The van der Waals surface area contributed by atoms with Crippen molar-refractivity contribution in [2.45, 2.75) is 36.6 Å². The Hall–Kier alpha value is -2.64. The SMILES string of the molecule is Cc1ccc(-c2nc(CSc3cc(C(=O)NC4CC4)c4ccccc4n3)cs2)o1. The maximum Gasteiger partial charge on any atom is 0.252 e. The Morgan fingerprint density at radius 2 is 2.10 bits per heavy atom. The largest absolute Gasteiger partial charge is 0.459 e. The van der Waals surface area contributed by atoms with Gasteiger partial charge in [-0.2, -0.15) is 0 Å². The number of carbonyl (C=O) groups excluding carboxylic acids is 1. The molecule has 0 bridgehead atoms. The second-order valence-electron chi connectivity index (χ2n) is 7.12. The van der Waals surface area contributed by atoms with Gasteiger partial charge in [0.1, 0.15) is 5.76 Å². The van der Waals surface area contributed by atoms with Crippen LogP contribution >= 0.6 is 23.1 Å². The van der Waals surface area contributed by atoms with Gasteiger partial charge in [-0.3, -0.25) is 4.79 Å². The van der Waals surface area contributed by atoms with Crippen LogP contribution in [0.1, 0.15) is 34.7 Å². The number of furan rings is 1. The van der Waals surface area contributed by atoms with Gasteiger partial charge in [0.05, 0.1) is 21.8 Å². The van der Waals surface area contributed by atoms with Crippen molar-refractivity contribution in [2.75, 3.05) is 0 Å². The summed E-state index contributed by atoms with van der Waals surface area (Å²) < 4.78 is 5.66. The average molecular weight is 422 g/mol. The summed E-state index contributed by atoms with van der Waals surface area (Å²) in [6, 6.07) is 13.9. The Bertz CT molecular complexity index is 1190. The first kappa shape index (κ1) is 18.4. The summed E-state index contributed by atoms with van der Waals surface area (Å²) in [7, 11) is 0. The number of thioether (sulfide) groups is 1. The molecule has 1 fully saturated rings. The first-order chi connectivity index (χ1) is 14.2. The molecule has 3 heterocycles. The fourth-order valence-corrected chi connectivity index (χ4v) is 4.78. The van der Waals surface area contributed by atoms with E-state index in [1.807, 2.05) is 54.8 Å². The first-order valence-electron chi connectivity index (χ1n) is 9.50. The average Bonchev–Trinajstić information content (AvgIpc) is 3.23. The number of rotatable bonds is 6. The van der Waals surface area contributed by atoms with E-state index >= 15 is 0 Å². The monoisotopic (exact) mass is 421 g/mol. The Labute approximate surface area is 176 Å². The number of nitrogens with zero attached hydrogens (tertiary/aromatic N) is 2. The van der Waals surface area contributed by atoms with Crippen LogP contribution in [0.25, 0.3) is 21.7 Å². The van der Waals surface area contributed by atoms with Crippen molar-refractivity contribution in [2.24, 2.45) is 0 Å². The third kappa shape index (κ3) is 4.06. The second kappa shape index (κ2) is 7.65. The molecule has 0 radical (unpaired) electrons. The van der Waals surface area contributed by atoms with Gasteiger partial charge in [0.25, 0.3) is 5.91 Å². The summed E-state index contributed by atoms with van der Waals surface area (Å²) in [6.07, 6.45) is 2.13. The first-order valence-corrected chi connectivity index (χ1v) is 11.4. The molecule has 1 N–H and O–H groups in total. The van der Waals surface area contributed by atoms with Gasteiger partial charge >= 0.3 is 0 Å². The lowest BCUT2D eigenvalue weighted by atomic mass is 10.1.